The average molecular weight is 194 g/mol. The molecular formula is C8H16ClNO2. The highest BCUT2D eigenvalue weighted by Gasteiger charge is 2.18. The van der Waals surface area contributed by atoms with E-state index in [1.165, 1.54) is 6.08 Å². The Morgan fingerprint density at radius 3 is 2.42 bits per heavy atom. The molecule has 0 bridgehead atoms. The Hall–Kier alpha value is -0.380. The highest BCUT2D eigenvalue weighted by atomic mass is 35.5. The summed E-state index contributed by atoms with van der Waals surface area (Å²) in [6.07, 6.45) is 1.32. The van der Waals surface area contributed by atoms with Crippen molar-refractivity contribution in [1.29, 1.82) is 0 Å². The number of hydrogen-bond acceptors (Lipinski definition) is 2. The third-order valence-electron chi connectivity index (χ3n) is 1.24. The predicted molar refractivity (Wildman–Crippen MR) is 43.8 cm³/mol. The Balaban J connectivity index is 0. The van der Waals surface area contributed by atoms with Crippen LogP contribution in [0.1, 0.15) is 6.92 Å². The molecule has 0 saturated heterocycles. The molecule has 0 spiro atoms. The van der Waals surface area contributed by atoms with E-state index in [1.807, 2.05) is 21.0 Å². The molecular weight excluding hydrogens is 178 g/mol. The zero-order chi connectivity index (χ0) is 8.91. The molecule has 0 fully saturated rings. The zero-order valence-electron chi connectivity index (χ0n) is 7.84. The highest BCUT2D eigenvalue weighted by molar-refractivity contribution is 5.89. The predicted octanol–water partition coefficient (Wildman–Crippen LogP) is -2.23. The number of carbonyl (C=O) groups is 1. The normalized spacial score (nSPS) is 10.2. The maximum atomic E-state index is 10.9. The van der Waals surface area contributed by atoms with Crippen LogP contribution >= 0.6 is 0 Å². The Kier molecular flexibility index (Phi) is 7.28. The van der Waals surface area contributed by atoms with Crippen LogP contribution in [0, 0.1) is 0 Å². The van der Waals surface area contributed by atoms with Crippen molar-refractivity contribution in [2.24, 2.45) is 0 Å². The van der Waals surface area contributed by atoms with E-state index >= 15 is 0 Å². The van der Waals surface area contributed by atoms with Crippen LogP contribution in [0.3, 0.4) is 0 Å². The standard InChI is InChI=1S/C8H16NO2.ClH/c1-5-8(10)7-9(3,4)11-6-2;/h5H,1,6-7H2,2-4H3;1H/q+1;/p-1. The zero-order valence-corrected chi connectivity index (χ0v) is 8.60. The van der Waals surface area contributed by atoms with Gasteiger partial charge in [-0.3, -0.25) is 4.79 Å². The van der Waals surface area contributed by atoms with Crippen molar-refractivity contribution < 1.29 is 26.7 Å². The first-order valence-electron chi connectivity index (χ1n) is 3.64. The molecule has 0 aliphatic heterocycles. The smallest absolute Gasteiger partial charge is 0.212 e. The van der Waals surface area contributed by atoms with Gasteiger partial charge in [-0.05, 0) is 13.0 Å². The second-order valence-corrected chi connectivity index (χ2v) is 2.82. The van der Waals surface area contributed by atoms with Gasteiger partial charge in [0.25, 0.3) is 0 Å². The van der Waals surface area contributed by atoms with Gasteiger partial charge in [0.1, 0.15) is 6.61 Å². The molecule has 0 aromatic rings. The van der Waals surface area contributed by atoms with Crippen molar-refractivity contribution in [1.82, 2.24) is 0 Å². The number of halogens is 1. The summed E-state index contributed by atoms with van der Waals surface area (Å²) in [7, 11) is 3.68. The van der Waals surface area contributed by atoms with E-state index in [1.54, 1.807) is 0 Å². The van der Waals surface area contributed by atoms with Gasteiger partial charge < -0.3 is 12.4 Å². The van der Waals surface area contributed by atoms with E-state index in [9.17, 15) is 4.79 Å². The molecule has 0 saturated carbocycles. The highest BCUT2D eigenvalue weighted by Crippen LogP contribution is 1.98. The molecule has 0 amide bonds. The van der Waals surface area contributed by atoms with E-state index in [2.05, 4.69) is 6.58 Å². The van der Waals surface area contributed by atoms with Gasteiger partial charge in [0.05, 0.1) is 14.1 Å². The lowest BCUT2D eigenvalue weighted by Crippen LogP contribution is -3.00. The minimum atomic E-state index is 0. The second-order valence-electron chi connectivity index (χ2n) is 2.82. The van der Waals surface area contributed by atoms with Crippen LogP contribution in [-0.4, -0.2) is 37.7 Å². The molecule has 0 radical (unpaired) electrons. The fourth-order valence-electron chi connectivity index (χ4n) is 0.835. The Morgan fingerprint density at radius 1 is 1.58 bits per heavy atom. The van der Waals surface area contributed by atoms with Crippen LogP contribution < -0.4 is 12.4 Å². The van der Waals surface area contributed by atoms with Crippen LogP contribution in [0.15, 0.2) is 12.7 Å². The molecule has 4 heteroatoms. The van der Waals surface area contributed by atoms with Gasteiger partial charge in [-0.15, -0.1) is 0 Å². The van der Waals surface area contributed by atoms with Gasteiger partial charge >= 0.3 is 0 Å². The third-order valence-corrected chi connectivity index (χ3v) is 1.24. The molecule has 12 heavy (non-hydrogen) atoms. The Bertz CT molecular complexity index is 157. The minimum absolute atomic E-state index is 0. The van der Waals surface area contributed by atoms with Crippen molar-refractivity contribution in [2.45, 2.75) is 6.92 Å². The van der Waals surface area contributed by atoms with E-state index in [-0.39, 0.29) is 22.8 Å². The molecule has 0 rings (SSSR count). The summed E-state index contributed by atoms with van der Waals surface area (Å²) < 4.78 is 0.265. The first kappa shape index (κ1) is 14.2. The molecule has 0 heterocycles. The van der Waals surface area contributed by atoms with Gasteiger partial charge in [-0.2, -0.15) is 4.65 Å². The summed E-state index contributed by atoms with van der Waals surface area (Å²) in [5.74, 6) is 0.00319. The Morgan fingerprint density at radius 2 is 2.08 bits per heavy atom. The Labute approximate surface area is 80.0 Å². The molecule has 0 aromatic heterocycles. The van der Waals surface area contributed by atoms with Gasteiger partial charge in [0.15, 0.2) is 6.54 Å². The number of hydroxylamine groups is 3. The minimum Gasteiger partial charge on any atom is -1.00 e. The van der Waals surface area contributed by atoms with Gasteiger partial charge in [-0.1, -0.05) is 6.58 Å². The third kappa shape index (κ3) is 6.34. The molecule has 0 aliphatic rings. The topological polar surface area (TPSA) is 26.3 Å². The number of quaternary nitrogens is 1. The number of ketones is 1. The van der Waals surface area contributed by atoms with Gasteiger partial charge in [0, 0.05) is 0 Å². The molecule has 0 N–H and O–H groups in total. The lowest BCUT2D eigenvalue weighted by atomic mass is 10.4. The van der Waals surface area contributed by atoms with Crippen LogP contribution in [0.4, 0.5) is 0 Å². The first-order valence-corrected chi connectivity index (χ1v) is 3.64. The van der Waals surface area contributed by atoms with E-state index in [4.69, 9.17) is 4.84 Å². The van der Waals surface area contributed by atoms with Crippen LogP contribution in [-0.2, 0) is 9.63 Å². The number of carbonyl (C=O) groups excluding carboxylic acids is 1. The quantitative estimate of drug-likeness (QED) is 0.281. The molecule has 3 nitrogen and oxygen atoms in total. The fraction of sp³-hybridized carbons (Fsp3) is 0.625. The molecule has 0 aliphatic carbocycles. The molecule has 0 atom stereocenters. The van der Waals surface area contributed by atoms with Crippen LogP contribution in [0.2, 0.25) is 0 Å². The van der Waals surface area contributed by atoms with Crippen molar-refractivity contribution in [3.8, 4) is 0 Å². The molecule has 0 unspecified atom stereocenters. The summed E-state index contributed by atoms with van der Waals surface area (Å²) in [6.45, 7) is 6.24. The summed E-state index contributed by atoms with van der Waals surface area (Å²) in [5, 5.41) is 0. The van der Waals surface area contributed by atoms with Crippen molar-refractivity contribution in [3.63, 3.8) is 0 Å². The van der Waals surface area contributed by atoms with E-state index in [0.717, 1.165) is 0 Å². The second kappa shape index (κ2) is 6.17. The van der Waals surface area contributed by atoms with E-state index < -0.39 is 0 Å². The van der Waals surface area contributed by atoms with Crippen molar-refractivity contribution in [2.75, 3.05) is 27.2 Å². The largest absolute Gasteiger partial charge is 1.00 e. The molecule has 72 valence electrons. The average Bonchev–Trinajstić information content (AvgIpc) is 1.86. The SMILES string of the molecule is C=CC(=O)C[N+](C)(C)OCC.[Cl-]. The number of likely N-dealkylation sites (N-methyl/N-ethyl adjacent to an activating group) is 1. The summed E-state index contributed by atoms with van der Waals surface area (Å²) >= 11 is 0. The van der Waals surface area contributed by atoms with Gasteiger partial charge in [-0.25, -0.2) is 4.84 Å². The number of nitrogens with zero attached hydrogens (tertiary/aromatic N) is 1. The lowest BCUT2D eigenvalue weighted by Gasteiger charge is -2.24. The summed E-state index contributed by atoms with van der Waals surface area (Å²) in [4.78, 5) is 16.2. The maximum Gasteiger partial charge on any atom is 0.212 e. The van der Waals surface area contributed by atoms with Gasteiger partial charge in [0.2, 0.25) is 5.78 Å². The van der Waals surface area contributed by atoms with E-state index in [0.29, 0.717) is 13.2 Å². The summed E-state index contributed by atoms with van der Waals surface area (Å²) in [6, 6.07) is 0. The summed E-state index contributed by atoms with van der Waals surface area (Å²) in [5.41, 5.74) is 0. The van der Waals surface area contributed by atoms with Crippen LogP contribution in [0.5, 0.6) is 0 Å². The maximum absolute atomic E-state index is 10.9. The first-order chi connectivity index (χ1) is 5.02. The van der Waals surface area contributed by atoms with Crippen molar-refractivity contribution in [3.05, 3.63) is 12.7 Å². The molecule has 0 aromatic carbocycles. The van der Waals surface area contributed by atoms with Crippen LogP contribution in [0.25, 0.3) is 0 Å². The fourth-order valence-corrected chi connectivity index (χ4v) is 0.835. The number of rotatable bonds is 5. The number of hydrogen-bond donors (Lipinski definition) is 0. The van der Waals surface area contributed by atoms with Crippen molar-refractivity contribution >= 4 is 5.78 Å². The lowest BCUT2D eigenvalue weighted by molar-refractivity contribution is -1.07. The monoisotopic (exact) mass is 193 g/mol.